The van der Waals surface area contributed by atoms with Crippen LogP contribution in [-0.4, -0.2) is 37.9 Å². The van der Waals surface area contributed by atoms with Crippen LogP contribution in [0, 0.1) is 0 Å². The van der Waals surface area contributed by atoms with Crippen molar-refractivity contribution in [1.82, 2.24) is 10.4 Å². The first kappa shape index (κ1) is 11.0. The molecule has 0 aliphatic carbocycles. The lowest BCUT2D eigenvalue weighted by molar-refractivity contribution is 0.0966. The summed E-state index contributed by atoms with van der Waals surface area (Å²) in [5.41, 5.74) is 3.39. The van der Waals surface area contributed by atoms with Crippen molar-refractivity contribution in [2.45, 2.75) is 32.6 Å². The van der Waals surface area contributed by atoms with E-state index in [1.165, 1.54) is 32.4 Å². The molecule has 78 valence electrons. The van der Waals surface area contributed by atoms with Crippen LogP contribution in [0.25, 0.3) is 0 Å². The Labute approximate surface area is 81.4 Å². The molecule has 1 aliphatic heterocycles. The Morgan fingerprint density at radius 2 is 1.92 bits per heavy atom. The molecule has 3 heteroatoms. The van der Waals surface area contributed by atoms with Crippen molar-refractivity contribution in [2.75, 3.05) is 32.8 Å². The first-order valence-corrected chi connectivity index (χ1v) is 5.49. The average molecular weight is 186 g/mol. The molecule has 0 radical (unpaired) electrons. The third-order valence-corrected chi connectivity index (χ3v) is 2.29. The van der Waals surface area contributed by atoms with Gasteiger partial charge < -0.3 is 4.74 Å². The van der Waals surface area contributed by atoms with Crippen molar-refractivity contribution < 1.29 is 4.74 Å². The molecule has 0 amide bonds. The minimum Gasteiger partial charge on any atom is -0.380 e. The molecule has 1 rings (SSSR count). The number of hydrogen-bond acceptors (Lipinski definition) is 3. The topological polar surface area (TPSA) is 24.5 Å². The molecule has 1 N–H and O–H groups in total. The SMILES string of the molecule is CCCOCCNN1CCCCC1. The van der Waals surface area contributed by atoms with Crippen molar-refractivity contribution in [3.05, 3.63) is 0 Å². The van der Waals surface area contributed by atoms with Crippen LogP contribution in [0.5, 0.6) is 0 Å². The van der Waals surface area contributed by atoms with Gasteiger partial charge in [-0.25, -0.2) is 5.01 Å². The summed E-state index contributed by atoms with van der Waals surface area (Å²) in [5.74, 6) is 0. The van der Waals surface area contributed by atoms with Gasteiger partial charge in [0.25, 0.3) is 0 Å². The highest BCUT2D eigenvalue weighted by atomic mass is 16.5. The molecule has 1 saturated heterocycles. The van der Waals surface area contributed by atoms with Crippen molar-refractivity contribution >= 4 is 0 Å². The Morgan fingerprint density at radius 3 is 2.62 bits per heavy atom. The van der Waals surface area contributed by atoms with Crippen LogP contribution in [0.1, 0.15) is 32.6 Å². The van der Waals surface area contributed by atoms with Crippen LogP contribution in [0.2, 0.25) is 0 Å². The monoisotopic (exact) mass is 186 g/mol. The maximum atomic E-state index is 5.38. The van der Waals surface area contributed by atoms with Crippen LogP contribution in [0.4, 0.5) is 0 Å². The number of rotatable bonds is 6. The van der Waals surface area contributed by atoms with Crippen molar-refractivity contribution in [1.29, 1.82) is 0 Å². The first-order valence-electron chi connectivity index (χ1n) is 5.49. The van der Waals surface area contributed by atoms with E-state index in [1.54, 1.807) is 0 Å². The second kappa shape index (κ2) is 7.30. The maximum absolute atomic E-state index is 5.38. The first-order chi connectivity index (χ1) is 6.43. The van der Waals surface area contributed by atoms with Crippen LogP contribution in [0.3, 0.4) is 0 Å². The normalized spacial score (nSPS) is 19.2. The van der Waals surface area contributed by atoms with Crippen LogP contribution in [-0.2, 0) is 4.74 Å². The molecule has 1 aliphatic rings. The molecule has 1 heterocycles. The Bertz CT molecular complexity index is 113. The zero-order chi connectivity index (χ0) is 9.36. The summed E-state index contributed by atoms with van der Waals surface area (Å²) in [7, 11) is 0. The minimum atomic E-state index is 0.838. The van der Waals surface area contributed by atoms with Crippen LogP contribution >= 0.6 is 0 Å². The molecule has 0 aromatic rings. The predicted molar refractivity (Wildman–Crippen MR) is 54.5 cm³/mol. The lowest BCUT2D eigenvalue weighted by atomic mass is 10.2. The van der Waals surface area contributed by atoms with E-state index in [2.05, 4.69) is 17.4 Å². The molecule has 0 bridgehead atoms. The zero-order valence-corrected chi connectivity index (χ0v) is 8.72. The molecule has 0 spiro atoms. The molecule has 0 saturated carbocycles. The fourth-order valence-electron chi connectivity index (χ4n) is 1.57. The van der Waals surface area contributed by atoms with E-state index in [0.717, 1.165) is 26.2 Å². The number of ether oxygens (including phenoxy) is 1. The second-order valence-electron chi connectivity index (χ2n) is 3.57. The van der Waals surface area contributed by atoms with E-state index in [0.29, 0.717) is 0 Å². The third-order valence-electron chi connectivity index (χ3n) is 2.29. The van der Waals surface area contributed by atoms with Gasteiger partial charge in [-0.2, -0.15) is 0 Å². The zero-order valence-electron chi connectivity index (χ0n) is 8.72. The van der Waals surface area contributed by atoms with Gasteiger partial charge in [0.05, 0.1) is 6.61 Å². The van der Waals surface area contributed by atoms with Crippen LogP contribution < -0.4 is 5.43 Å². The Morgan fingerprint density at radius 1 is 1.15 bits per heavy atom. The van der Waals surface area contributed by atoms with Gasteiger partial charge in [-0.15, -0.1) is 0 Å². The molecule has 0 unspecified atom stereocenters. The predicted octanol–water partition coefficient (Wildman–Crippen LogP) is 1.40. The molecule has 1 fully saturated rings. The lowest BCUT2D eigenvalue weighted by Crippen LogP contribution is -2.43. The summed E-state index contributed by atoms with van der Waals surface area (Å²) in [6, 6.07) is 0. The van der Waals surface area contributed by atoms with Crippen LogP contribution in [0.15, 0.2) is 0 Å². The summed E-state index contributed by atoms with van der Waals surface area (Å²) in [4.78, 5) is 0. The highest BCUT2D eigenvalue weighted by molar-refractivity contribution is 4.60. The van der Waals surface area contributed by atoms with Gasteiger partial charge in [0, 0.05) is 26.2 Å². The molecule has 3 nitrogen and oxygen atoms in total. The third kappa shape index (κ3) is 5.24. The summed E-state index contributed by atoms with van der Waals surface area (Å²) in [6.45, 7) is 7.23. The van der Waals surface area contributed by atoms with Crippen molar-refractivity contribution in [3.8, 4) is 0 Å². The van der Waals surface area contributed by atoms with E-state index in [-0.39, 0.29) is 0 Å². The van der Waals surface area contributed by atoms with Gasteiger partial charge in [-0.3, -0.25) is 5.43 Å². The number of hydrogen-bond donors (Lipinski definition) is 1. The van der Waals surface area contributed by atoms with E-state index in [9.17, 15) is 0 Å². The largest absolute Gasteiger partial charge is 0.380 e. The summed E-state index contributed by atoms with van der Waals surface area (Å²) >= 11 is 0. The quantitative estimate of drug-likeness (QED) is 0.635. The van der Waals surface area contributed by atoms with Gasteiger partial charge in [0.2, 0.25) is 0 Å². The summed E-state index contributed by atoms with van der Waals surface area (Å²) in [6.07, 6.45) is 5.18. The van der Waals surface area contributed by atoms with E-state index >= 15 is 0 Å². The van der Waals surface area contributed by atoms with Gasteiger partial charge >= 0.3 is 0 Å². The Kier molecular flexibility index (Phi) is 6.15. The molecule has 0 atom stereocenters. The standard InChI is InChI=1S/C10H22N2O/c1-2-9-13-10-6-11-12-7-4-3-5-8-12/h11H,2-10H2,1H3. The minimum absolute atomic E-state index is 0.838. The van der Waals surface area contributed by atoms with Gasteiger partial charge in [-0.1, -0.05) is 13.3 Å². The summed E-state index contributed by atoms with van der Waals surface area (Å²) in [5, 5.41) is 2.32. The number of nitrogens with zero attached hydrogens (tertiary/aromatic N) is 1. The fourth-order valence-corrected chi connectivity index (χ4v) is 1.57. The lowest BCUT2D eigenvalue weighted by Gasteiger charge is -2.26. The molecular weight excluding hydrogens is 164 g/mol. The van der Waals surface area contributed by atoms with E-state index in [1.807, 2.05) is 0 Å². The number of piperidine rings is 1. The number of hydrazine groups is 1. The van der Waals surface area contributed by atoms with Crippen molar-refractivity contribution in [3.63, 3.8) is 0 Å². The van der Waals surface area contributed by atoms with Crippen molar-refractivity contribution in [2.24, 2.45) is 0 Å². The molecule has 13 heavy (non-hydrogen) atoms. The smallest absolute Gasteiger partial charge is 0.0604 e. The van der Waals surface area contributed by atoms with E-state index in [4.69, 9.17) is 4.74 Å². The summed E-state index contributed by atoms with van der Waals surface area (Å²) < 4.78 is 5.38. The number of nitrogens with one attached hydrogen (secondary N) is 1. The van der Waals surface area contributed by atoms with E-state index < -0.39 is 0 Å². The maximum Gasteiger partial charge on any atom is 0.0604 e. The second-order valence-corrected chi connectivity index (χ2v) is 3.57. The fraction of sp³-hybridized carbons (Fsp3) is 1.00. The molecular formula is C10H22N2O. The Hall–Kier alpha value is -0.120. The highest BCUT2D eigenvalue weighted by Crippen LogP contribution is 2.05. The Balaban J connectivity index is 1.86. The van der Waals surface area contributed by atoms with Gasteiger partial charge in [-0.05, 0) is 19.3 Å². The average Bonchev–Trinajstić information content (AvgIpc) is 2.19. The molecule has 0 aromatic carbocycles. The molecule has 0 aromatic heterocycles. The van der Waals surface area contributed by atoms with Gasteiger partial charge in [0.15, 0.2) is 0 Å². The highest BCUT2D eigenvalue weighted by Gasteiger charge is 2.07. The van der Waals surface area contributed by atoms with Gasteiger partial charge in [0.1, 0.15) is 0 Å².